The van der Waals surface area contributed by atoms with Crippen LogP contribution in [0, 0.1) is 5.92 Å². The van der Waals surface area contributed by atoms with Crippen LogP contribution in [0.5, 0.6) is 0 Å². The first-order valence-corrected chi connectivity index (χ1v) is 11.3. The Balaban J connectivity index is 1.38. The quantitative estimate of drug-likeness (QED) is 0.755. The lowest BCUT2D eigenvalue weighted by atomic mass is 9.99. The largest absolute Gasteiger partial charge is 0.356 e. The van der Waals surface area contributed by atoms with Gasteiger partial charge in [-0.25, -0.2) is 12.7 Å². The minimum absolute atomic E-state index is 0.0117. The summed E-state index contributed by atoms with van der Waals surface area (Å²) in [7, 11) is -3.21. The number of rotatable bonds is 6. The smallest absolute Gasteiger partial charge is 0.224 e. The Labute approximate surface area is 156 Å². The summed E-state index contributed by atoms with van der Waals surface area (Å²) >= 11 is 0. The molecule has 0 aliphatic carbocycles. The highest BCUT2D eigenvalue weighted by Crippen LogP contribution is 2.19. The molecule has 26 heavy (non-hydrogen) atoms. The van der Waals surface area contributed by atoms with Gasteiger partial charge in [-0.1, -0.05) is 24.3 Å². The summed E-state index contributed by atoms with van der Waals surface area (Å²) in [4.78, 5) is 14.8. The number of nitrogens with zero attached hydrogens (tertiary/aromatic N) is 2. The molecule has 1 N–H and O–H groups in total. The molecule has 1 amide bonds. The number of nitrogens with one attached hydrogen (secondary N) is 1. The Morgan fingerprint density at radius 1 is 1.23 bits per heavy atom. The summed E-state index contributed by atoms with van der Waals surface area (Å²) in [6.45, 7) is 4.50. The van der Waals surface area contributed by atoms with E-state index in [4.69, 9.17) is 0 Å². The van der Waals surface area contributed by atoms with Crippen molar-refractivity contribution in [3.8, 4) is 0 Å². The van der Waals surface area contributed by atoms with Crippen LogP contribution in [0.2, 0.25) is 0 Å². The molecule has 0 radical (unpaired) electrons. The van der Waals surface area contributed by atoms with Crippen LogP contribution < -0.4 is 5.32 Å². The molecule has 2 heterocycles. The number of hydrogen-bond acceptors (Lipinski definition) is 4. The second-order valence-electron chi connectivity index (χ2n) is 7.40. The number of carbonyl (C=O) groups excluding carboxylic acids is 1. The standard InChI is InChI=1S/C19H29N3O3S/c1-26(24,25)22-12-4-8-18(15-22)19(23)20-10-5-11-21-13-9-16-6-2-3-7-17(16)14-21/h2-3,6-7,18H,4-5,8-15H2,1H3,(H,20,23)/t18-/m1/s1. The summed E-state index contributed by atoms with van der Waals surface area (Å²) in [5.41, 5.74) is 2.86. The van der Waals surface area contributed by atoms with Gasteiger partial charge in [0.2, 0.25) is 15.9 Å². The normalized spacial score (nSPS) is 22.0. The van der Waals surface area contributed by atoms with Crippen LogP contribution in [0.4, 0.5) is 0 Å². The molecule has 7 heteroatoms. The molecule has 0 bridgehead atoms. The summed E-state index contributed by atoms with van der Waals surface area (Å²) in [6, 6.07) is 8.59. The van der Waals surface area contributed by atoms with E-state index in [1.165, 1.54) is 21.7 Å². The minimum Gasteiger partial charge on any atom is -0.356 e. The highest BCUT2D eigenvalue weighted by Gasteiger charge is 2.29. The van der Waals surface area contributed by atoms with Gasteiger partial charge in [0.05, 0.1) is 12.2 Å². The van der Waals surface area contributed by atoms with Gasteiger partial charge < -0.3 is 5.32 Å². The van der Waals surface area contributed by atoms with Crippen LogP contribution in [0.1, 0.15) is 30.4 Å². The molecule has 2 aliphatic rings. The van der Waals surface area contributed by atoms with Crippen molar-refractivity contribution in [2.24, 2.45) is 5.92 Å². The maximum Gasteiger partial charge on any atom is 0.224 e. The van der Waals surface area contributed by atoms with Gasteiger partial charge in [-0.05, 0) is 36.8 Å². The molecule has 0 saturated carbocycles. The van der Waals surface area contributed by atoms with Crippen molar-refractivity contribution in [2.45, 2.75) is 32.2 Å². The zero-order chi connectivity index (χ0) is 18.6. The van der Waals surface area contributed by atoms with Gasteiger partial charge in [-0.2, -0.15) is 0 Å². The second-order valence-corrected chi connectivity index (χ2v) is 9.38. The number of fused-ring (bicyclic) bond motifs is 1. The summed E-state index contributed by atoms with van der Waals surface area (Å²) in [5, 5.41) is 3.00. The third-order valence-corrected chi connectivity index (χ3v) is 6.65. The van der Waals surface area contributed by atoms with Crippen molar-refractivity contribution in [1.82, 2.24) is 14.5 Å². The fourth-order valence-corrected chi connectivity index (χ4v) is 4.77. The van der Waals surface area contributed by atoms with Gasteiger partial charge in [0.1, 0.15) is 0 Å². The molecule has 1 atom stereocenters. The third-order valence-electron chi connectivity index (χ3n) is 5.38. The van der Waals surface area contributed by atoms with Crippen molar-refractivity contribution in [2.75, 3.05) is 39.0 Å². The zero-order valence-corrected chi connectivity index (χ0v) is 16.3. The van der Waals surface area contributed by atoms with E-state index in [-0.39, 0.29) is 11.8 Å². The van der Waals surface area contributed by atoms with E-state index in [9.17, 15) is 13.2 Å². The van der Waals surface area contributed by atoms with Gasteiger partial charge >= 0.3 is 0 Å². The van der Waals surface area contributed by atoms with Crippen molar-refractivity contribution in [3.05, 3.63) is 35.4 Å². The van der Waals surface area contributed by atoms with E-state index in [1.54, 1.807) is 0 Å². The van der Waals surface area contributed by atoms with Crippen LogP contribution in [-0.4, -0.2) is 62.5 Å². The Bertz CT molecular complexity index is 735. The topological polar surface area (TPSA) is 69.7 Å². The van der Waals surface area contributed by atoms with E-state index >= 15 is 0 Å². The van der Waals surface area contributed by atoms with Gasteiger partial charge in [-0.15, -0.1) is 0 Å². The first-order valence-electron chi connectivity index (χ1n) is 9.45. The Kier molecular flexibility index (Phi) is 6.32. The lowest BCUT2D eigenvalue weighted by molar-refractivity contribution is -0.126. The van der Waals surface area contributed by atoms with Crippen LogP contribution in [-0.2, 0) is 27.8 Å². The highest BCUT2D eigenvalue weighted by atomic mass is 32.2. The number of benzene rings is 1. The van der Waals surface area contributed by atoms with E-state index in [0.717, 1.165) is 45.3 Å². The zero-order valence-electron chi connectivity index (χ0n) is 15.5. The molecule has 1 fully saturated rings. The van der Waals surface area contributed by atoms with Crippen molar-refractivity contribution < 1.29 is 13.2 Å². The average molecular weight is 380 g/mol. The predicted molar refractivity (Wildman–Crippen MR) is 102 cm³/mol. The third kappa shape index (κ3) is 5.05. The van der Waals surface area contributed by atoms with Gasteiger partial charge in [-0.3, -0.25) is 9.69 Å². The van der Waals surface area contributed by atoms with E-state index in [2.05, 4.69) is 34.5 Å². The first-order chi connectivity index (χ1) is 12.4. The van der Waals surface area contributed by atoms with Gasteiger partial charge in [0.15, 0.2) is 0 Å². The molecule has 0 aromatic heterocycles. The predicted octanol–water partition coefficient (Wildman–Crippen LogP) is 1.22. The number of piperidine rings is 1. The van der Waals surface area contributed by atoms with Crippen molar-refractivity contribution in [1.29, 1.82) is 0 Å². The molecule has 0 spiro atoms. The number of hydrogen-bond donors (Lipinski definition) is 1. The Morgan fingerprint density at radius 2 is 2.00 bits per heavy atom. The molecule has 144 valence electrons. The van der Waals surface area contributed by atoms with E-state index < -0.39 is 10.0 Å². The van der Waals surface area contributed by atoms with Crippen LogP contribution in [0.25, 0.3) is 0 Å². The summed E-state index contributed by atoms with van der Waals surface area (Å²) in [6.07, 6.45) is 4.73. The minimum atomic E-state index is -3.21. The molecule has 1 saturated heterocycles. The maximum absolute atomic E-state index is 12.3. The molecule has 1 aromatic carbocycles. The number of carbonyl (C=O) groups is 1. The fraction of sp³-hybridized carbons (Fsp3) is 0.632. The van der Waals surface area contributed by atoms with Crippen molar-refractivity contribution in [3.63, 3.8) is 0 Å². The number of amides is 1. The van der Waals surface area contributed by atoms with Crippen LogP contribution >= 0.6 is 0 Å². The van der Waals surface area contributed by atoms with E-state index in [0.29, 0.717) is 19.6 Å². The lowest BCUT2D eigenvalue weighted by Crippen LogP contribution is -2.45. The average Bonchev–Trinajstić information content (AvgIpc) is 2.64. The van der Waals surface area contributed by atoms with Crippen molar-refractivity contribution >= 4 is 15.9 Å². The monoisotopic (exact) mass is 379 g/mol. The molecular weight excluding hydrogens is 350 g/mol. The first kappa shape index (κ1) is 19.3. The van der Waals surface area contributed by atoms with Crippen LogP contribution in [0.3, 0.4) is 0 Å². The molecule has 0 unspecified atom stereocenters. The SMILES string of the molecule is CS(=O)(=O)N1CCC[C@@H](C(=O)NCCCN2CCc3ccccc3C2)C1. The summed E-state index contributed by atoms with van der Waals surface area (Å²) in [5.74, 6) is -0.234. The molecule has 2 aliphatic heterocycles. The molecule has 1 aromatic rings. The van der Waals surface area contributed by atoms with Crippen LogP contribution in [0.15, 0.2) is 24.3 Å². The number of sulfonamides is 1. The summed E-state index contributed by atoms with van der Waals surface area (Å²) < 4.78 is 24.8. The molecule has 3 rings (SSSR count). The van der Waals surface area contributed by atoms with Gasteiger partial charge in [0, 0.05) is 39.3 Å². The highest BCUT2D eigenvalue weighted by molar-refractivity contribution is 7.88. The fourth-order valence-electron chi connectivity index (χ4n) is 3.86. The lowest BCUT2D eigenvalue weighted by Gasteiger charge is -2.30. The van der Waals surface area contributed by atoms with E-state index in [1.807, 2.05) is 0 Å². The molecular formula is C19H29N3O3S. The van der Waals surface area contributed by atoms with Gasteiger partial charge in [0.25, 0.3) is 0 Å². The second kappa shape index (κ2) is 8.50. The maximum atomic E-state index is 12.3. The Hall–Kier alpha value is -1.44. The molecule has 6 nitrogen and oxygen atoms in total. The Morgan fingerprint density at radius 3 is 2.77 bits per heavy atom.